The van der Waals surface area contributed by atoms with Crippen molar-refractivity contribution in [2.24, 2.45) is 23.7 Å². The van der Waals surface area contributed by atoms with E-state index in [9.17, 15) is 0 Å². The maximum atomic E-state index is 3.97. The fourth-order valence-corrected chi connectivity index (χ4v) is 8.63. The van der Waals surface area contributed by atoms with E-state index in [0.717, 1.165) is 40.6 Å². The van der Waals surface area contributed by atoms with Gasteiger partial charge >= 0.3 is 0 Å². The van der Waals surface area contributed by atoms with Gasteiger partial charge in [0.05, 0.1) is 8.07 Å². The van der Waals surface area contributed by atoms with Crippen LogP contribution in [0.2, 0.25) is 19.6 Å². The second-order valence-electron chi connectivity index (χ2n) is 9.75. The lowest BCUT2D eigenvalue weighted by Crippen LogP contribution is -2.48. The van der Waals surface area contributed by atoms with Crippen molar-refractivity contribution >= 4 is 24.0 Å². The predicted octanol–water partition coefficient (Wildman–Crippen LogP) is 5.12. The van der Waals surface area contributed by atoms with Gasteiger partial charge in [0, 0.05) is 16.9 Å². The average molecular weight is 383 g/mol. The van der Waals surface area contributed by atoms with Gasteiger partial charge in [0.25, 0.3) is 0 Å². The van der Waals surface area contributed by atoms with Crippen LogP contribution < -0.4 is 0 Å². The molecule has 1 heterocycles. The van der Waals surface area contributed by atoms with Crippen molar-refractivity contribution in [2.75, 3.05) is 6.17 Å². The first kappa shape index (κ1) is 16.1. The summed E-state index contributed by atoms with van der Waals surface area (Å²) in [5.41, 5.74) is 0. The van der Waals surface area contributed by atoms with Gasteiger partial charge in [-0.3, -0.25) is 4.90 Å². The normalized spacial score (nSPS) is 48.8. The summed E-state index contributed by atoms with van der Waals surface area (Å²) < 4.78 is 0. The van der Waals surface area contributed by atoms with Crippen LogP contribution in [0.3, 0.4) is 0 Å². The quantitative estimate of drug-likeness (QED) is 0.473. The fraction of sp³-hybridized carbons (Fsp3) is 0.947. The van der Waals surface area contributed by atoms with E-state index < -0.39 is 8.07 Å². The third-order valence-corrected chi connectivity index (χ3v) is 9.11. The maximum Gasteiger partial charge on any atom is 0.0599 e. The van der Waals surface area contributed by atoms with E-state index in [2.05, 4.69) is 46.9 Å². The summed E-state index contributed by atoms with van der Waals surface area (Å²) in [5, 5.41) is 0. The maximum absolute atomic E-state index is 3.97. The predicted molar refractivity (Wildman–Crippen MR) is 101 cm³/mol. The topological polar surface area (TPSA) is 3.24 Å². The lowest BCUT2D eigenvalue weighted by molar-refractivity contribution is 0.149. The minimum absolute atomic E-state index is 0.795. The minimum atomic E-state index is -1.03. The monoisotopic (exact) mass is 382 g/mol. The molecule has 1 radical (unpaired) electrons. The lowest BCUT2D eigenvalue weighted by Gasteiger charge is -2.40. The summed E-state index contributed by atoms with van der Waals surface area (Å²) >= 11 is 3.97. The van der Waals surface area contributed by atoms with Crippen LogP contribution in [0, 0.1) is 30.1 Å². The Balaban J connectivity index is 1.62. The number of nitrogens with zero attached hydrogens (tertiary/aromatic N) is 1. The largest absolute Gasteiger partial charge is 0.299 e. The van der Waals surface area contributed by atoms with Crippen LogP contribution in [-0.2, 0) is 0 Å². The molecule has 0 spiro atoms. The zero-order valence-corrected chi connectivity index (χ0v) is 17.2. The molecule has 0 amide bonds. The molecule has 3 saturated carbocycles. The average Bonchev–Trinajstić information content (AvgIpc) is 2.94. The lowest BCUT2D eigenvalue weighted by atomic mass is 9.70. The molecular formula is C19H33BrNSi. The summed E-state index contributed by atoms with van der Waals surface area (Å²) in [6, 6.07) is 1.75. The number of rotatable bonds is 2. The molecule has 4 rings (SSSR count). The molecule has 0 bridgehead atoms. The molecule has 0 aromatic carbocycles. The number of fused-ring (bicyclic) bond motifs is 5. The highest BCUT2D eigenvalue weighted by molar-refractivity contribution is 9.09. The molecule has 22 heavy (non-hydrogen) atoms. The molecule has 4 fully saturated rings. The minimum Gasteiger partial charge on any atom is -0.299 e. The Bertz CT molecular complexity index is 420. The number of likely N-dealkylation sites (tertiary alicyclic amines) is 1. The van der Waals surface area contributed by atoms with Gasteiger partial charge in [-0.1, -0.05) is 48.4 Å². The number of hydrogen-bond acceptors (Lipinski definition) is 1. The molecule has 0 N–H and O–H groups in total. The molecule has 3 heteroatoms. The molecule has 125 valence electrons. The zero-order chi connectivity index (χ0) is 15.5. The van der Waals surface area contributed by atoms with Crippen molar-refractivity contribution in [2.45, 2.75) is 81.5 Å². The van der Waals surface area contributed by atoms with Gasteiger partial charge in [-0.25, -0.2) is 0 Å². The summed E-state index contributed by atoms with van der Waals surface area (Å²) in [7, 11) is -1.03. The van der Waals surface area contributed by atoms with Crippen molar-refractivity contribution < 1.29 is 0 Å². The van der Waals surface area contributed by atoms with Crippen LogP contribution in [0.5, 0.6) is 0 Å². The van der Waals surface area contributed by atoms with Gasteiger partial charge in [0.15, 0.2) is 0 Å². The van der Waals surface area contributed by atoms with E-state index in [1.165, 1.54) is 51.1 Å². The Morgan fingerprint density at radius 2 is 1.82 bits per heavy atom. The Morgan fingerprint density at radius 3 is 2.59 bits per heavy atom. The van der Waals surface area contributed by atoms with Crippen molar-refractivity contribution in [1.29, 1.82) is 0 Å². The fourth-order valence-electron chi connectivity index (χ4n) is 6.40. The Labute approximate surface area is 146 Å². The molecule has 4 aliphatic rings. The van der Waals surface area contributed by atoms with Crippen LogP contribution in [0.1, 0.15) is 44.9 Å². The van der Waals surface area contributed by atoms with Crippen molar-refractivity contribution in [3.63, 3.8) is 0 Å². The Hall–Kier alpha value is 0.657. The first-order valence-electron chi connectivity index (χ1n) is 9.69. The smallest absolute Gasteiger partial charge is 0.0599 e. The van der Waals surface area contributed by atoms with Crippen molar-refractivity contribution in [3.05, 3.63) is 6.42 Å². The van der Waals surface area contributed by atoms with Gasteiger partial charge in [0.2, 0.25) is 0 Å². The highest BCUT2D eigenvalue weighted by atomic mass is 79.9. The molecule has 7 atom stereocenters. The van der Waals surface area contributed by atoms with Crippen LogP contribution in [0.4, 0.5) is 0 Å². The summed E-state index contributed by atoms with van der Waals surface area (Å²) in [4.78, 5) is 3.82. The van der Waals surface area contributed by atoms with Crippen molar-refractivity contribution in [1.82, 2.24) is 4.90 Å². The second-order valence-corrected chi connectivity index (χ2v) is 16.5. The van der Waals surface area contributed by atoms with Crippen LogP contribution in [-0.4, -0.2) is 36.1 Å². The van der Waals surface area contributed by atoms with E-state index in [1.54, 1.807) is 0 Å². The highest BCUT2D eigenvalue weighted by Crippen LogP contribution is 2.58. The third kappa shape index (κ3) is 2.77. The van der Waals surface area contributed by atoms with E-state index in [4.69, 9.17) is 0 Å². The van der Waals surface area contributed by atoms with E-state index in [0.29, 0.717) is 0 Å². The highest BCUT2D eigenvalue weighted by Gasteiger charge is 2.58. The third-order valence-electron chi connectivity index (χ3n) is 6.97. The Morgan fingerprint density at radius 1 is 1.05 bits per heavy atom. The van der Waals surface area contributed by atoms with Crippen molar-refractivity contribution in [3.8, 4) is 0 Å². The molecule has 3 aliphatic carbocycles. The Kier molecular flexibility index (Phi) is 4.31. The molecular weight excluding hydrogens is 350 g/mol. The first-order valence-corrected chi connectivity index (χ1v) is 14.3. The second kappa shape index (κ2) is 5.88. The zero-order valence-electron chi connectivity index (χ0n) is 14.6. The molecule has 0 aromatic heterocycles. The summed E-state index contributed by atoms with van der Waals surface area (Å²) in [5.74, 6) is 4.00. The summed E-state index contributed by atoms with van der Waals surface area (Å²) in [6.45, 7) is 7.69. The first-order chi connectivity index (χ1) is 10.4. The van der Waals surface area contributed by atoms with Gasteiger partial charge in [-0.2, -0.15) is 0 Å². The number of alkyl halides is 1. The van der Waals surface area contributed by atoms with Crippen LogP contribution in [0.15, 0.2) is 0 Å². The van der Waals surface area contributed by atoms with Crippen LogP contribution >= 0.6 is 15.9 Å². The standard InChI is InChI=1S/C19H33BrNSi/c1-22(2,3)12-21-17-9-8-14(20)11-16(17)19-15-7-5-4-6-13(15)10-18(19)21/h10,13-19H,4-9,11-12H2,1-3H3. The van der Waals surface area contributed by atoms with E-state index in [1.807, 2.05) is 0 Å². The molecule has 0 aromatic rings. The van der Waals surface area contributed by atoms with Crippen LogP contribution in [0.25, 0.3) is 0 Å². The van der Waals surface area contributed by atoms with Gasteiger partial charge < -0.3 is 0 Å². The SMILES string of the molecule is C[Si](C)(C)CN1C2[CH]C3CCCCC3C2C2CC(Br)CCC21. The molecule has 7 unspecified atom stereocenters. The van der Waals surface area contributed by atoms with Gasteiger partial charge in [-0.15, -0.1) is 0 Å². The number of hydrogen-bond donors (Lipinski definition) is 0. The summed E-state index contributed by atoms with van der Waals surface area (Å²) in [6.07, 6.45) is 14.6. The molecule has 1 saturated heterocycles. The molecule has 1 aliphatic heterocycles. The molecule has 1 nitrogen and oxygen atoms in total. The van der Waals surface area contributed by atoms with Gasteiger partial charge in [0.1, 0.15) is 0 Å². The van der Waals surface area contributed by atoms with E-state index in [-0.39, 0.29) is 0 Å². The van der Waals surface area contributed by atoms with Gasteiger partial charge in [-0.05, 0) is 68.4 Å². The number of halogens is 1. The van der Waals surface area contributed by atoms with E-state index >= 15 is 0 Å².